The molecule has 7 nitrogen and oxygen atoms in total. The van der Waals surface area contributed by atoms with E-state index in [4.69, 9.17) is 4.42 Å². The van der Waals surface area contributed by atoms with Crippen LogP contribution >= 0.6 is 0 Å². The number of likely N-dealkylation sites (N-methyl/N-ethyl adjacent to an activating group) is 1. The summed E-state index contributed by atoms with van der Waals surface area (Å²) in [6, 6.07) is 5.19. The van der Waals surface area contributed by atoms with Crippen LogP contribution in [0.15, 0.2) is 29.0 Å². The first-order valence-corrected chi connectivity index (χ1v) is 6.88. The molecule has 0 bridgehead atoms. The number of aliphatic hydroxyl groups is 1. The van der Waals surface area contributed by atoms with E-state index in [-0.39, 0.29) is 12.6 Å². The van der Waals surface area contributed by atoms with Crippen LogP contribution in [-0.4, -0.2) is 45.4 Å². The highest BCUT2D eigenvalue weighted by Gasteiger charge is 2.20. The third-order valence-corrected chi connectivity index (χ3v) is 3.06. The molecule has 0 spiro atoms. The number of urea groups is 1. The lowest BCUT2D eigenvalue weighted by molar-refractivity contribution is 0.0550. The van der Waals surface area contributed by atoms with Crippen LogP contribution in [0.2, 0.25) is 0 Å². The van der Waals surface area contributed by atoms with E-state index >= 15 is 0 Å². The minimum atomic E-state index is -0.952. The fraction of sp³-hybridized carbons (Fsp3) is 0.400. The van der Waals surface area contributed by atoms with Crippen LogP contribution in [0.3, 0.4) is 0 Å². The van der Waals surface area contributed by atoms with Crippen LogP contribution < -0.4 is 5.32 Å². The summed E-state index contributed by atoms with van der Waals surface area (Å²) in [7, 11) is 1.63. The van der Waals surface area contributed by atoms with Gasteiger partial charge in [-0.2, -0.15) is 0 Å². The molecule has 0 aliphatic rings. The Labute approximate surface area is 129 Å². The van der Waals surface area contributed by atoms with Crippen molar-refractivity contribution in [2.45, 2.75) is 26.4 Å². The number of amides is 2. The zero-order chi connectivity index (χ0) is 16.3. The standard InChI is InChI=1S/C15H20N4O3/c1-10-5-6-11(13-18-16-9-22-13)7-12(10)17-14(20)19(4)8-15(2,3)21/h5-7,9,21H,8H2,1-4H3,(H,17,20). The maximum absolute atomic E-state index is 12.2. The molecule has 1 aromatic heterocycles. The Kier molecular flexibility index (Phi) is 4.46. The number of nitrogens with zero attached hydrogens (tertiary/aromatic N) is 3. The van der Waals surface area contributed by atoms with Gasteiger partial charge in [0.1, 0.15) is 0 Å². The summed E-state index contributed by atoms with van der Waals surface area (Å²) in [6.07, 6.45) is 1.25. The normalized spacial score (nSPS) is 11.3. The van der Waals surface area contributed by atoms with Crippen molar-refractivity contribution in [3.63, 3.8) is 0 Å². The van der Waals surface area contributed by atoms with E-state index in [2.05, 4.69) is 15.5 Å². The molecule has 0 aliphatic carbocycles. The van der Waals surface area contributed by atoms with Crippen molar-refractivity contribution < 1.29 is 14.3 Å². The zero-order valence-corrected chi connectivity index (χ0v) is 13.1. The van der Waals surface area contributed by atoms with Gasteiger partial charge in [-0.15, -0.1) is 10.2 Å². The number of hydrogen-bond acceptors (Lipinski definition) is 5. The van der Waals surface area contributed by atoms with Crippen molar-refractivity contribution in [3.05, 3.63) is 30.2 Å². The van der Waals surface area contributed by atoms with Gasteiger partial charge in [0.2, 0.25) is 12.3 Å². The predicted molar refractivity (Wildman–Crippen MR) is 82.4 cm³/mol. The van der Waals surface area contributed by atoms with Crippen LogP contribution in [-0.2, 0) is 0 Å². The largest absolute Gasteiger partial charge is 0.423 e. The number of carbonyl (C=O) groups excluding carboxylic acids is 1. The molecule has 2 amide bonds. The molecule has 1 aromatic carbocycles. The van der Waals surface area contributed by atoms with E-state index in [0.29, 0.717) is 11.6 Å². The molecular weight excluding hydrogens is 284 g/mol. The number of aromatic nitrogens is 2. The van der Waals surface area contributed by atoms with Crippen LogP contribution in [0.25, 0.3) is 11.5 Å². The van der Waals surface area contributed by atoms with Crippen LogP contribution in [0.5, 0.6) is 0 Å². The van der Waals surface area contributed by atoms with Gasteiger partial charge in [-0.1, -0.05) is 6.07 Å². The second kappa shape index (κ2) is 6.15. The average molecular weight is 304 g/mol. The molecule has 0 saturated heterocycles. The molecule has 0 unspecified atom stereocenters. The Balaban J connectivity index is 2.15. The quantitative estimate of drug-likeness (QED) is 0.904. The fourth-order valence-corrected chi connectivity index (χ4v) is 2.05. The third-order valence-electron chi connectivity index (χ3n) is 3.06. The highest BCUT2D eigenvalue weighted by molar-refractivity contribution is 5.90. The molecule has 2 aromatic rings. The molecule has 0 saturated carbocycles. The van der Waals surface area contributed by atoms with E-state index in [9.17, 15) is 9.90 Å². The minimum absolute atomic E-state index is 0.223. The van der Waals surface area contributed by atoms with Gasteiger partial charge in [0, 0.05) is 18.3 Å². The Bertz CT molecular complexity index is 647. The first-order valence-electron chi connectivity index (χ1n) is 6.88. The van der Waals surface area contributed by atoms with Gasteiger partial charge in [0.05, 0.1) is 12.1 Å². The Morgan fingerprint density at radius 3 is 2.77 bits per heavy atom. The van der Waals surface area contributed by atoms with Crippen molar-refractivity contribution in [1.82, 2.24) is 15.1 Å². The second-order valence-electron chi connectivity index (χ2n) is 5.87. The lowest BCUT2D eigenvalue weighted by Crippen LogP contribution is -2.41. The Morgan fingerprint density at radius 2 is 2.18 bits per heavy atom. The topological polar surface area (TPSA) is 91.5 Å². The molecule has 0 aliphatic heterocycles. The van der Waals surface area contributed by atoms with Crippen molar-refractivity contribution in [2.75, 3.05) is 18.9 Å². The molecule has 2 rings (SSSR count). The van der Waals surface area contributed by atoms with Gasteiger partial charge in [0.25, 0.3) is 0 Å². The van der Waals surface area contributed by atoms with Crippen molar-refractivity contribution >= 4 is 11.7 Å². The van der Waals surface area contributed by atoms with E-state index in [1.54, 1.807) is 27.0 Å². The van der Waals surface area contributed by atoms with E-state index in [0.717, 1.165) is 11.1 Å². The van der Waals surface area contributed by atoms with Crippen LogP contribution in [0.4, 0.5) is 10.5 Å². The van der Waals surface area contributed by atoms with Gasteiger partial charge in [-0.05, 0) is 38.5 Å². The summed E-state index contributed by atoms with van der Waals surface area (Å²) < 4.78 is 5.15. The summed E-state index contributed by atoms with van der Waals surface area (Å²) in [6.45, 7) is 5.42. The van der Waals surface area contributed by atoms with Gasteiger partial charge >= 0.3 is 6.03 Å². The fourth-order valence-electron chi connectivity index (χ4n) is 2.05. The Hall–Kier alpha value is -2.41. The molecule has 0 radical (unpaired) electrons. The maximum Gasteiger partial charge on any atom is 0.321 e. The second-order valence-corrected chi connectivity index (χ2v) is 5.87. The predicted octanol–water partition coefficient (Wildman–Crippen LogP) is 2.28. The van der Waals surface area contributed by atoms with Gasteiger partial charge in [-0.3, -0.25) is 0 Å². The smallest absolute Gasteiger partial charge is 0.321 e. The number of anilines is 1. The van der Waals surface area contributed by atoms with Gasteiger partial charge in [0.15, 0.2) is 0 Å². The summed E-state index contributed by atoms with van der Waals surface area (Å²) in [5.74, 6) is 0.389. The number of benzene rings is 1. The maximum atomic E-state index is 12.2. The van der Waals surface area contributed by atoms with E-state index in [1.807, 2.05) is 19.1 Å². The number of nitrogens with one attached hydrogen (secondary N) is 1. The molecule has 1 heterocycles. The first kappa shape index (κ1) is 16.0. The SMILES string of the molecule is Cc1ccc(-c2nnco2)cc1NC(=O)N(C)CC(C)(C)O. The van der Waals surface area contributed by atoms with Gasteiger partial charge < -0.3 is 19.7 Å². The third kappa shape index (κ3) is 4.05. The highest BCUT2D eigenvalue weighted by atomic mass is 16.4. The molecule has 0 fully saturated rings. The molecule has 2 N–H and O–H groups in total. The summed E-state index contributed by atoms with van der Waals surface area (Å²) >= 11 is 0. The molecule has 22 heavy (non-hydrogen) atoms. The minimum Gasteiger partial charge on any atom is -0.423 e. The highest BCUT2D eigenvalue weighted by Crippen LogP contribution is 2.24. The Morgan fingerprint density at radius 1 is 1.45 bits per heavy atom. The number of aryl methyl sites for hydroxylation is 1. The summed E-state index contributed by atoms with van der Waals surface area (Å²) in [5, 5.41) is 20.1. The molecule has 0 atom stereocenters. The zero-order valence-electron chi connectivity index (χ0n) is 13.1. The average Bonchev–Trinajstić information content (AvgIpc) is 2.93. The van der Waals surface area contributed by atoms with Crippen LogP contribution in [0.1, 0.15) is 19.4 Å². The first-order chi connectivity index (χ1) is 10.3. The number of rotatable bonds is 4. The van der Waals surface area contributed by atoms with Gasteiger partial charge in [-0.25, -0.2) is 4.79 Å². The summed E-state index contributed by atoms with van der Waals surface area (Å²) in [5.41, 5.74) is 1.34. The van der Waals surface area contributed by atoms with E-state index < -0.39 is 5.60 Å². The number of hydrogen-bond donors (Lipinski definition) is 2. The molecule has 118 valence electrons. The molecule has 7 heteroatoms. The lowest BCUT2D eigenvalue weighted by atomic mass is 10.1. The number of carbonyl (C=O) groups is 1. The van der Waals surface area contributed by atoms with Crippen LogP contribution in [0, 0.1) is 6.92 Å². The summed E-state index contributed by atoms with van der Waals surface area (Å²) in [4.78, 5) is 13.6. The van der Waals surface area contributed by atoms with Crippen molar-refractivity contribution in [1.29, 1.82) is 0 Å². The van der Waals surface area contributed by atoms with Crippen molar-refractivity contribution in [3.8, 4) is 11.5 Å². The molecular formula is C15H20N4O3. The van der Waals surface area contributed by atoms with Crippen molar-refractivity contribution in [2.24, 2.45) is 0 Å². The monoisotopic (exact) mass is 304 g/mol. The lowest BCUT2D eigenvalue weighted by Gasteiger charge is -2.26. The van der Waals surface area contributed by atoms with E-state index in [1.165, 1.54) is 11.3 Å².